The Kier molecular flexibility index (Phi) is 2.10. The molecule has 3 aliphatic rings. The van der Waals surface area contributed by atoms with E-state index in [2.05, 4.69) is 13.8 Å². The minimum Gasteiger partial charge on any atom is -0.428 e. The molecule has 1 fully saturated rings. The molecule has 1 saturated heterocycles. The van der Waals surface area contributed by atoms with Gasteiger partial charge in [0.05, 0.1) is 5.56 Å². The third-order valence-corrected chi connectivity index (χ3v) is 4.53. The van der Waals surface area contributed by atoms with E-state index in [9.17, 15) is 9.59 Å². The highest BCUT2D eigenvalue weighted by Gasteiger charge is 2.60. The number of hydrogen-bond donors (Lipinski definition) is 0. The van der Waals surface area contributed by atoms with Crippen LogP contribution in [-0.2, 0) is 19.6 Å². The summed E-state index contributed by atoms with van der Waals surface area (Å²) in [6.07, 6.45) is -1.26. The molecule has 0 aromatic heterocycles. The molecule has 1 aromatic carbocycles. The Bertz CT molecular complexity index is 660. The van der Waals surface area contributed by atoms with Gasteiger partial charge in [0.25, 0.3) is 0 Å². The van der Waals surface area contributed by atoms with Crippen molar-refractivity contribution in [3.63, 3.8) is 0 Å². The third kappa shape index (κ3) is 1.24. The molecule has 0 radical (unpaired) electrons. The van der Waals surface area contributed by atoms with Crippen LogP contribution in [0.15, 0.2) is 12.1 Å². The highest BCUT2D eigenvalue weighted by Crippen LogP contribution is 2.51. The van der Waals surface area contributed by atoms with E-state index in [1.807, 2.05) is 6.07 Å². The summed E-state index contributed by atoms with van der Waals surface area (Å²) in [6, 6.07) is 3.55. The summed E-state index contributed by atoms with van der Waals surface area (Å²) in [5, 5.41) is 0. The minimum atomic E-state index is -0.803. The van der Waals surface area contributed by atoms with Crippen LogP contribution < -0.4 is 0 Å². The van der Waals surface area contributed by atoms with Gasteiger partial charge in [-0.3, -0.25) is 4.79 Å². The number of carbonyl (C=O) groups excluding carboxylic acids is 2. The highest BCUT2D eigenvalue weighted by atomic mass is 16.7. The van der Waals surface area contributed by atoms with Crippen LogP contribution in [0.5, 0.6) is 0 Å². The van der Waals surface area contributed by atoms with Crippen molar-refractivity contribution in [1.82, 2.24) is 0 Å². The summed E-state index contributed by atoms with van der Waals surface area (Å²) >= 11 is 0. The Labute approximate surface area is 115 Å². The lowest BCUT2D eigenvalue weighted by atomic mass is 9.70. The number of epoxide rings is 1. The molecule has 0 N–H and O–H groups in total. The van der Waals surface area contributed by atoms with Crippen LogP contribution in [-0.4, -0.2) is 31.1 Å². The first-order valence-electron chi connectivity index (χ1n) is 6.57. The van der Waals surface area contributed by atoms with Gasteiger partial charge in [-0.15, -0.1) is 0 Å². The average molecular weight is 274 g/mol. The number of esters is 1. The molecule has 1 aliphatic carbocycles. The number of cyclic esters (lactones) is 1. The molecule has 104 valence electrons. The second-order valence-electron chi connectivity index (χ2n) is 5.99. The van der Waals surface area contributed by atoms with Crippen LogP contribution in [0.1, 0.15) is 52.0 Å². The van der Waals surface area contributed by atoms with Gasteiger partial charge in [-0.25, -0.2) is 4.79 Å². The van der Waals surface area contributed by atoms with Gasteiger partial charge in [-0.1, -0.05) is 19.9 Å². The lowest BCUT2D eigenvalue weighted by Crippen LogP contribution is -2.36. The van der Waals surface area contributed by atoms with Gasteiger partial charge in [-0.05, 0) is 11.6 Å². The Hall–Kier alpha value is -1.72. The van der Waals surface area contributed by atoms with Crippen molar-refractivity contribution in [2.24, 2.45) is 0 Å². The molecule has 0 saturated carbocycles. The van der Waals surface area contributed by atoms with Crippen LogP contribution in [0.3, 0.4) is 0 Å². The number of carbonyl (C=O) groups is 2. The smallest absolute Gasteiger partial charge is 0.341 e. The lowest BCUT2D eigenvalue weighted by Gasteiger charge is -2.30. The first-order valence-corrected chi connectivity index (χ1v) is 6.57. The second kappa shape index (κ2) is 3.48. The van der Waals surface area contributed by atoms with Crippen molar-refractivity contribution in [3.05, 3.63) is 34.4 Å². The highest BCUT2D eigenvalue weighted by molar-refractivity contribution is 6.09. The quantitative estimate of drug-likeness (QED) is 0.576. The van der Waals surface area contributed by atoms with Crippen LogP contribution in [0.25, 0.3) is 0 Å². The first-order chi connectivity index (χ1) is 9.46. The molecular weight excluding hydrogens is 260 g/mol. The lowest BCUT2D eigenvalue weighted by molar-refractivity contribution is -0.0818. The summed E-state index contributed by atoms with van der Waals surface area (Å²) in [5.74, 6) is -0.513. The van der Waals surface area contributed by atoms with Crippen molar-refractivity contribution >= 4 is 11.8 Å². The normalized spacial score (nSPS) is 32.2. The fourth-order valence-electron chi connectivity index (χ4n) is 3.39. The number of rotatable bonds is 1. The maximum atomic E-state index is 12.5. The predicted molar refractivity (Wildman–Crippen MR) is 67.6 cm³/mol. The molecule has 0 bridgehead atoms. The number of methoxy groups -OCH3 is 1. The summed E-state index contributed by atoms with van der Waals surface area (Å²) < 4.78 is 15.9. The molecule has 1 aromatic rings. The first kappa shape index (κ1) is 12.1. The molecule has 4 rings (SSSR count). The van der Waals surface area contributed by atoms with Crippen LogP contribution in [0.2, 0.25) is 0 Å². The zero-order valence-corrected chi connectivity index (χ0v) is 11.4. The Morgan fingerprint density at radius 1 is 1.25 bits per heavy atom. The standard InChI is InChI=1S/C15H14O5/c1-15(2)7-5-4-6-8(14(18-3)20-13(6)17)9(7)10(16)11-12(15)19-11/h4-5,11-12,14H,1-3H3/t11-,12-,14+/m0/s1. The van der Waals surface area contributed by atoms with Gasteiger partial charge >= 0.3 is 5.97 Å². The van der Waals surface area contributed by atoms with E-state index in [0.717, 1.165) is 5.56 Å². The Morgan fingerprint density at radius 2 is 2.00 bits per heavy atom. The number of benzene rings is 1. The zero-order chi connectivity index (χ0) is 14.2. The summed E-state index contributed by atoms with van der Waals surface area (Å²) in [5.41, 5.74) is 2.16. The van der Waals surface area contributed by atoms with E-state index in [0.29, 0.717) is 16.7 Å². The molecule has 0 unspecified atom stereocenters. The van der Waals surface area contributed by atoms with E-state index in [1.165, 1.54) is 7.11 Å². The molecule has 0 spiro atoms. The molecular formula is C15H14O5. The van der Waals surface area contributed by atoms with Crippen molar-refractivity contribution in [2.75, 3.05) is 7.11 Å². The maximum absolute atomic E-state index is 12.5. The number of ketones is 1. The third-order valence-electron chi connectivity index (χ3n) is 4.53. The zero-order valence-electron chi connectivity index (χ0n) is 11.4. The van der Waals surface area contributed by atoms with Gasteiger partial charge in [0.15, 0.2) is 5.78 Å². The van der Waals surface area contributed by atoms with Crippen molar-refractivity contribution in [2.45, 2.75) is 37.8 Å². The number of ether oxygens (including phenoxy) is 3. The van der Waals surface area contributed by atoms with E-state index in [4.69, 9.17) is 14.2 Å². The topological polar surface area (TPSA) is 65.1 Å². The van der Waals surface area contributed by atoms with Crippen LogP contribution in [0.4, 0.5) is 0 Å². The number of Topliss-reactive ketones (excluding diaryl/α,β-unsaturated/α-hetero) is 1. The van der Waals surface area contributed by atoms with E-state index in [1.54, 1.807) is 6.07 Å². The second-order valence-corrected chi connectivity index (χ2v) is 5.99. The minimum absolute atomic E-state index is 0.0680. The molecule has 5 nitrogen and oxygen atoms in total. The molecule has 2 aliphatic heterocycles. The van der Waals surface area contributed by atoms with Gasteiger partial charge in [0.2, 0.25) is 6.29 Å². The van der Waals surface area contributed by atoms with Crippen molar-refractivity contribution in [1.29, 1.82) is 0 Å². The Morgan fingerprint density at radius 3 is 2.70 bits per heavy atom. The Balaban J connectivity index is 2.02. The van der Waals surface area contributed by atoms with E-state index < -0.39 is 18.4 Å². The van der Waals surface area contributed by atoms with Gasteiger partial charge in [0, 0.05) is 23.7 Å². The maximum Gasteiger partial charge on any atom is 0.341 e. The average Bonchev–Trinajstić information content (AvgIpc) is 3.17. The summed E-state index contributed by atoms with van der Waals surface area (Å²) in [6.45, 7) is 4.10. The van der Waals surface area contributed by atoms with Gasteiger partial charge in [-0.2, -0.15) is 0 Å². The monoisotopic (exact) mass is 274 g/mol. The molecule has 0 amide bonds. The SMILES string of the molecule is CO[C@@H]1OC(=O)c2ccc3c(c21)C(=O)[C@@H]1O[C@@H]1C3(C)C. The molecule has 2 heterocycles. The number of fused-ring (bicyclic) bond motifs is 4. The van der Waals surface area contributed by atoms with Crippen LogP contribution in [0, 0.1) is 0 Å². The van der Waals surface area contributed by atoms with Crippen molar-refractivity contribution < 1.29 is 23.8 Å². The molecule has 5 heteroatoms. The van der Waals surface area contributed by atoms with Gasteiger partial charge in [0.1, 0.15) is 12.2 Å². The molecule has 3 atom stereocenters. The largest absolute Gasteiger partial charge is 0.428 e. The van der Waals surface area contributed by atoms with E-state index in [-0.39, 0.29) is 17.3 Å². The summed E-state index contributed by atoms with van der Waals surface area (Å²) in [4.78, 5) is 24.4. The predicted octanol–water partition coefficient (Wildman–Crippen LogP) is 1.74. The van der Waals surface area contributed by atoms with Crippen molar-refractivity contribution in [3.8, 4) is 0 Å². The van der Waals surface area contributed by atoms with E-state index >= 15 is 0 Å². The summed E-state index contributed by atoms with van der Waals surface area (Å²) in [7, 11) is 1.46. The number of hydrogen-bond acceptors (Lipinski definition) is 5. The molecule has 20 heavy (non-hydrogen) atoms. The van der Waals surface area contributed by atoms with Crippen LogP contribution >= 0.6 is 0 Å². The van der Waals surface area contributed by atoms with Gasteiger partial charge < -0.3 is 14.2 Å². The fourth-order valence-corrected chi connectivity index (χ4v) is 3.39. The fraction of sp³-hybridized carbons (Fsp3) is 0.467.